The van der Waals surface area contributed by atoms with Gasteiger partial charge in [0.25, 0.3) is 5.91 Å². The van der Waals surface area contributed by atoms with Crippen LogP contribution in [0.4, 0.5) is 10.5 Å². The Bertz CT molecular complexity index is 1180. The first kappa shape index (κ1) is 31.9. The summed E-state index contributed by atoms with van der Waals surface area (Å²) < 4.78 is 5.48. The largest absolute Gasteiger partial charge is 0.444 e. The van der Waals surface area contributed by atoms with Gasteiger partial charge in [-0.3, -0.25) is 9.59 Å². The number of nitrogens with one attached hydrogen (secondary N) is 2. The second kappa shape index (κ2) is 12.7. The number of ether oxygens (including phenoxy) is 1. The smallest absolute Gasteiger partial charge is 0.408 e. The first-order valence-electron chi connectivity index (χ1n) is 13.7. The van der Waals surface area contributed by atoms with Crippen molar-refractivity contribution in [2.75, 3.05) is 5.32 Å². The van der Waals surface area contributed by atoms with Gasteiger partial charge in [-0.05, 0) is 90.5 Å². The Kier molecular flexibility index (Phi) is 10.4. The number of rotatable bonds is 9. The van der Waals surface area contributed by atoms with Crippen LogP contribution in [0.3, 0.4) is 0 Å². The predicted octanol–water partition coefficient (Wildman–Crippen LogP) is 6.86. The number of carbonyl (C=O) groups is 3. The molecule has 7 heteroatoms. The number of carbonyl (C=O) groups excluding carboxylic acids is 3. The SMILES string of the molecule is CCC(C)(C)N(C(=O)C(NC(=O)OC(C)(C)C)C(C)C)C(C(=O)Nc1ccccc1C)c1cc(C)ccc1C. The maximum Gasteiger partial charge on any atom is 0.408 e. The third kappa shape index (κ3) is 8.32. The molecule has 7 nitrogen and oxygen atoms in total. The van der Waals surface area contributed by atoms with Gasteiger partial charge < -0.3 is 20.3 Å². The Morgan fingerprint density at radius 1 is 0.923 bits per heavy atom. The number of hydrogen-bond acceptors (Lipinski definition) is 4. The summed E-state index contributed by atoms with van der Waals surface area (Å²) in [6.07, 6.45) is -0.0777. The maximum atomic E-state index is 14.5. The molecular weight excluding hydrogens is 490 g/mol. The van der Waals surface area contributed by atoms with Gasteiger partial charge in [0.15, 0.2) is 0 Å². The predicted molar refractivity (Wildman–Crippen MR) is 158 cm³/mol. The van der Waals surface area contributed by atoms with Crippen LogP contribution in [0.25, 0.3) is 0 Å². The summed E-state index contributed by atoms with van der Waals surface area (Å²) in [7, 11) is 0. The van der Waals surface area contributed by atoms with Crippen molar-refractivity contribution < 1.29 is 19.1 Å². The Balaban J connectivity index is 2.70. The molecule has 2 N–H and O–H groups in total. The van der Waals surface area contributed by atoms with Gasteiger partial charge in [-0.15, -0.1) is 0 Å². The fourth-order valence-corrected chi connectivity index (χ4v) is 4.41. The quantitative estimate of drug-likeness (QED) is 0.366. The van der Waals surface area contributed by atoms with Crippen LogP contribution in [0.5, 0.6) is 0 Å². The fraction of sp³-hybridized carbons (Fsp3) is 0.531. The Morgan fingerprint density at radius 2 is 1.54 bits per heavy atom. The highest BCUT2D eigenvalue weighted by atomic mass is 16.6. The van der Waals surface area contributed by atoms with Gasteiger partial charge in [-0.25, -0.2) is 4.79 Å². The van der Waals surface area contributed by atoms with E-state index in [4.69, 9.17) is 4.74 Å². The number of para-hydroxylation sites is 1. The molecule has 214 valence electrons. The second-order valence-corrected chi connectivity index (χ2v) is 12.3. The van der Waals surface area contributed by atoms with E-state index >= 15 is 0 Å². The van der Waals surface area contributed by atoms with Gasteiger partial charge in [0.1, 0.15) is 17.7 Å². The zero-order chi connectivity index (χ0) is 29.7. The molecule has 0 saturated heterocycles. The van der Waals surface area contributed by atoms with E-state index in [9.17, 15) is 14.4 Å². The van der Waals surface area contributed by atoms with Crippen LogP contribution in [-0.2, 0) is 14.3 Å². The topological polar surface area (TPSA) is 87.7 Å². The maximum absolute atomic E-state index is 14.5. The first-order chi connectivity index (χ1) is 18.0. The van der Waals surface area contributed by atoms with Crippen molar-refractivity contribution in [2.24, 2.45) is 5.92 Å². The summed E-state index contributed by atoms with van der Waals surface area (Å²) in [5, 5.41) is 5.88. The summed E-state index contributed by atoms with van der Waals surface area (Å²) >= 11 is 0. The van der Waals surface area contributed by atoms with Gasteiger partial charge in [-0.1, -0.05) is 62.7 Å². The standard InChI is InChI=1S/C32H47N3O4/c1-12-32(10,11)35(29(37)26(20(2)3)34-30(38)39-31(7,8)9)27(24-19-21(4)17-18-22(24)5)28(36)33-25-16-14-13-15-23(25)6/h13-20,26-27H,12H2,1-11H3,(H,33,36)(H,34,38). The summed E-state index contributed by atoms with van der Waals surface area (Å²) in [6, 6.07) is 11.7. The minimum absolute atomic E-state index is 0.251. The molecule has 0 aliphatic heterocycles. The lowest BCUT2D eigenvalue weighted by Gasteiger charge is -2.45. The van der Waals surface area contributed by atoms with Crippen molar-refractivity contribution in [3.63, 3.8) is 0 Å². The molecule has 0 fully saturated rings. The van der Waals surface area contributed by atoms with Crippen LogP contribution < -0.4 is 10.6 Å². The number of hydrogen-bond donors (Lipinski definition) is 2. The monoisotopic (exact) mass is 537 g/mol. The molecule has 0 heterocycles. The van der Waals surface area contributed by atoms with Crippen molar-refractivity contribution in [3.8, 4) is 0 Å². The highest BCUT2D eigenvalue weighted by Gasteiger charge is 2.44. The highest BCUT2D eigenvalue weighted by molar-refractivity contribution is 6.00. The summed E-state index contributed by atoms with van der Waals surface area (Å²) in [5.74, 6) is -0.903. The number of benzene rings is 2. The summed E-state index contributed by atoms with van der Waals surface area (Å²) in [6.45, 7) is 20.8. The number of aryl methyl sites for hydroxylation is 3. The van der Waals surface area contributed by atoms with Crippen molar-refractivity contribution >= 4 is 23.6 Å². The molecule has 2 rings (SSSR count). The molecular formula is C32H47N3O4. The fourth-order valence-electron chi connectivity index (χ4n) is 4.41. The molecule has 2 atom stereocenters. The molecule has 2 aromatic rings. The lowest BCUT2D eigenvalue weighted by atomic mass is 9.88. The number of nitrogens with zero attached hydrogens (tertiary/aromatic N) is 1. The molecule has 0 spiro atoms. The molecule has 2 aromatic carbocycles. The Morgan fingerprint density at radius 3 is 2.08 bits per heavy atom. The molecule has 0 aromatic heterocycles. The molecule has 0 bridgehead atoms. The van der Waals surface area contributed by atoms with Gasteiger partial charge >= 0.3 is 6.09 Å². The zero-order valence-electron chi connectivity index (χ0n) is 25.6. The van der Waals surface area contributed by atoms with Crippen LogP contribution >= 0.6 is 0 Å². The van der Waals surface area contributed by atoms with Gasteiger partial charge in [-0.2, -0.15) is 0 Å². The lowest BCUT2D eigenvalue weighted by Crippen LogP contribution is -2.60. The average molecular weight is 538 g/mol. The van der Waals surface area contributed by atoms with Crippen molar-refractivity contribution in [1.82, 2.24) is 10.2 Å². The van der Waals surface area contributed by atoms with Gasteiger partial charge in [0, 0.05) is 11.2 Å². The van der Waals surface area contributed by atoms with Gasteiger partial charge in [0.05, 0.1) is 0 Å². The van der Waals surface area contributed by atoms with Crippen molar-refractivity contribution in [1.29, 1.82) is 0 Å². The molecule has 0 saturated carbocycles. The van der Waals surface area contributed by atoms with Crippen LogP contribution in [0.2, 0.25) is 0 Å². The minimum atomic E-state index is -0.936. The van der Waals surface area contributed by atoms with Crippen LogP contribution in [-0.4, -0.2) is 40.0 Å². The van der Waals surface area contributed by atoms with Crippen LogP contribution in [0, 0.1) is 26.7 Å². The molecule has 0 aliphatic carbocycles. The van der Waals surface area contributed by atoms with Gasteiger partial charge in [0.2, 0.25) is 5.91 Å². The van der Waals surface area contributed by atoms with Crippen LogP contribution in [0.1, 0.15) is 90.1 Å². The number of anilines is 1. The summed E-state index contributed by atoms with van der Waals surface area (Å²) in [4.78, 5) is 43.2. The van der Waals surface area contributed by atoms with E-state index < -0.39 is 29.3 Å². The Labute approximate surface area is 234 Å². The third-order valence-corrected chi connectivity index (χ3v) is 7.00. The number of alkyl carbamates (subject to hydrolysis) is 1. The number of amides is 3. The third-order valence-electron chi connectivity index (χ3n) is 7.00. The van der Waals surface area contributed by atoms with E-state index in [2.05, 4.69) is 10.6 Å². The van der Waals surface area contributed by atoms with E-state index in [1.807, 2.05) is 97.9 Å². The van der Waals surface area contributed by atoms with E-state index in [1.54, 1.807) is 25.7 Å². The highest BCUT2D eigenvalue weighted by Crippen LogP contribution is 2.35. The lowest BCUT2D eigenvalue weighted by molar-refractivity contribution is -0.148. The first-order valence-corrected chi connectivity index (χ1v) is 13.7. The van der Waals surface area contributed by atoms with E-state index in [-0.39, 0.29) is 17.7 Å². The minimum Gasteiger partial charge on any atom is -0.444 e. The van der Waals surface area contributed by atoms with Crippen molar-refractivity contribution in [2.45, 2.75) is 106 Å². The average Bonchev–Trinajstić information content (AvgIpc) is 2.82. The normalized spacial score (nSPS) is 13.4. The zero-order valence-corrected chi connectivity index (χ0v) is 25.6. The molecule has 2 unspecified atom stereocenters. The van der Waals surface area contributed by atoms with E-state index in [1.165, 1.54) is 0 Å². The summed E-state index contributed by atoms with van der Waals surface area (Å²) in [5.41, 5.74) is 2.80. The molecule has 39 heavy (non-hydrogen) atoms. The van der Waals surface area contributed by atoms with E-state index in [0.29, 0.717) is 12.1 Å². The van der Waals surface area contributed by atoms with E-state index in [0.717, 1.165) is 22.3 Å². The molecule has 0 aliphatic rings. The molecule has 3 amide bonds. The van der Waals surface area contributed by atoms with Crippen molar-refractivity contribution in [3.05, 3.63) is 64.7 Å². The second-order valence-electron chi connectivity index (χ2n) is 12.3. The Hall–Kier alpha value is -3.35. The van der Waals surface area contributed by atoms with Crippen LogP contribution in [0.15, 0.2) is 42.5 Å². The molecule has 0 radical (unpaired) electrons.